The monoisotopic (exact) mass is 341 g/mol. The summed E-state index contributed by atoms with van der Waals surface area (Å²) < 4.78 is 0. The van der Waals surface area contributed by atoms with Crippen LogP contribution in [-0.4, -0.2) is 53.7 Å². The number of anilines is 2. The van der Waals surface area contributed by atoms with Crippen LogP contribution >= 0.6 is 0 Å². The quantitative estimate of drug-likeness (QED) is 0.749. The minimum absolute atomic E-state index is 0.0107. The van der Waals surface area contributed by atoms with Crippen LogP contribution in [0, 0.1) is 6.92 Å². The summed E-state index contributed by atoms with van der Waals surface area (Å²) >= 11 is 0. The van der Waals surface area contributed by atoms with Gasteiger partial charge in [0.05, 0.1) is 0 Å². The molecule has 0 saturated carbocycles. The molecule has 1 heterocycles. The Hall–Kier alpha value is -2.80. The van der Waals surface area contributed by atoms with Gasteiger partial charge in [0.25, 0.3) is 5.91 Å². The minimum atomic E-state index is -0.243. The van der Waals surface area contributed by atoms with Gasteiger partial charge in [0.15, 0.2) is 5.78 Å². The molecule has 1 aromatic carbocycles. The number of hydrogen-bond acceptors (Lipinski definition) is 6. The molecule has 1 amide bonds. The molecular weight excluding hydrogens is 318 g/mol. The Kier molecular flexibility index (Phi) is 6.19. The van der Waals surface area contributed by atoms with Crippen LogP contribution in [0.3, 0.4) is 0 Å². The van der Waals surface area contributed by atoms with Gasteiger partial charge in [0.2, 0.25) is 0 Å². The van der Waals surface area contributed by atoms with E-state index in [9.17, 15) is 9.59 Å². The highest BCUT2D eigenvalue weighted by Gasteiger charge is 2.11. The molecule has 0 aliphatic carbocycles. The molecule has 0 unspecified atom stereocenters. The molecule has 25 heavy (non-hydrogen) atoms. The van der Waals surface area contributed by atoms with E-state index in [1.807, 2.05) is 25.1 Å². The summed E-state index contributed by atoms with van der Waals surface area (Å²) in [5.41, 5.74) is 1.64. The number of amides is 1. The highest BCUT2D eigenvalue weighted by atomic mass is 16.2. The van der Waals surface area contributed by atoms with Gasteiger partial charge in [0.1, 0.15) is 17.3 Å². The smallest absolute Gasteiger partial charge is 0.270 e. The van der Waals surface area contributed by atoms with Crippen molar-refractivity contribution in [1.82, 2.24) is 20.2 Å². The largest absolute Gasteiger partial charge is 0.349 e. The van der Waals surface area contributed by atoms with Crippen LogP contribution in [0.2, 0.25) is 0 Å². The first kappa shape index (κ1) is 18.5. The molecular formula is C18H23N5O2. The normalized spacial score (nSPS) is 10.6. The second-order valence-electron chi connectivity index (χ2n) is 6.01. The van der Waals surface area contributed by atoms with Crippen molar-refractivity contribution in [3.8, 4) is 0 Å². The van der Waals surface area contributed by atoms with Gasteiger partial charge < -0.3 is 15.5 Å². The van der Waals surface area contributed by atoms with Gasteiger partial charge in [-0.25, -0.2) is 9.97 Å². The molecule has 0 aliphatic heterocycles. The van der Waals surface area contributed by atoms with Crippen molar-refractivity contribution in [2.24, 2.45) is 0 Å². The number of ketones is 1. The van der Waals surface area contributed by atoms with Gasteiger partial charge in [-0.15, -0.1) is 0 Å². The lowest BCUT2D eigenvalue weighted by Crippen LogP contribution is -2.32. The van der Waals surface area contributed by atoms with E-state index >= 15 is 0 Å². The summed E-state index contributed by atoms with van der Waals surface area (Å²) in [6.45, 7) is 4.54. The number of Topliss-reactive ketones (excluding diaryl/α,β-unsaturated/α-hetero) is 1. The van der Waals surface area contributed by atoms with Crippen LogP contribution in [0.5, 0.6) is 0 Å². The number of rotatable bonds is 7. The van der Waals surface area contributed by atoms with Crippen LogP contribution in [-0.2, 0) is 0 Å². The molecule has 7 heteroatoms. The van der Waals surface area contributed by atoms with Crippen LogP contribution in [0.15, 0.2) is 30.3 Å². The summed E-state index contributed by atoms with van der Waals surface area (Å²) in [4.78, 5) is 34.2. The van der Waals surface area contributed by atoms with E-state index in [2.05, 4.69) is 20.6 Å². The topological polar surface area (TPSA) is 87.2 Å². The Morgan fingerprint density at radius 1 is 1.16 bits per heavy atom. The number of nitrogens with zero attached hydrogens (tertiary/aromatic N) is 3. The molecule has 2 rings (SSSR count). The second kappa shape index (κ2) is 8.34. The molecule has 0 spiro atoms. The number of aryl methyl sites for hydroxylation is 1. The van der Waals surface area contributed by atoms with Crippen molar-refractivity contribution < 1.29 is 9.59 Å². The number of carbonyl (C=O) groups is 2. The lowest BCUT2D eigenvalue weighted by atomic mass is 10.1. The first-order valence-corrected chi connectivity index (χ1v) is 8.02. The fourth-order valence-corrected chi connectivity index (χ4v) is 2.20. The number of likely N-dealkylation sites (N-methyl/N-ethyl adjacent to an activating group) is 1. The summed E-state index contributed by atoms with van der Waals surface area (Å²) in [5, 5.41) is 5.95. The Labute approximate surface area is 147 Å². The first-order valence-electron chi connectivity index (χ1n) is 8.02. The fourth-order valence-electron chi connectivity index (χ4n) is 2.20. The van der Waals surface area contributed by atoms with Gasteiger partial charge in [-0.05, 0) is 40.1 Å². The lowest BCUT2D eigenvalue weighted by Gasteiger charge is -2.11. The number of carbonyl (C=O) groups excluding carboxylic acids is 2. The predicted octanol–water partition coefficient (Wildman–Crippen LogP) is 2.02. The number of aromatic nitrogens is 2. The predicted molar refractivity (Wildman–Crippen MR) is 97.4 cm³/mol. The van der Waals surface area contributed by atoms with E-state index in [4.69, 9.17) is 0 Å². The molecule has 0 atom stereocenters. The zero-order valence-electron chi connectivity index (χ0n) is 15.0. The zero-order chi connectivity index (χ0) is 18.4. The van der Waals surface area contributed by atoms with Gasteiger partial charge in [-0.2, -0.15) is 0 Å². The van der Waals surface area contributed by atoms with Crippen LogP contribution in [0.4, 0.5) is 11.5 Å². The molecule has 0 bridgehead atoms. The number of hydrogen-bond donors (Lipinski definition) is 2. The van der Waals surface area contributed by atoms with E-state index in [1.165, 1.54) is 6.92 Å². The van der Waals surface area contributed by atoms with Crippen molar-refractivity contribution in [2.75, 3.05) is 32.5 Å². The highest BCUT2D eigenvalue weighted by Crippen LogP contribution is 2.17. The number of benzene rings is 1. The Morgan fingerprint density at radius 3 is 2.60 bits per heavy atom. The molecule has 0 radical (unpaired) electrons. The second-order valence-corrected chi connectivity index (χ2v) is 6.01. The van der Waals surface area contributed by atoms with Gasteiger partial charge in [0, 0.05) is 30.4 Å². The Balaban J connectivity index is 2.14. The summed E-state index contributed by atoms with van der Waals surface area (Å²) in [5.74, 6) is 0.743. The van der Waals surface area contributed by atoms with Crippen molar-refractivity contribution >= 4 is 23.2 Å². The van der Waals surface area contributed by atoms with E-state index in [1.54, 1.807) is 31.2 Å². The molecule has 0 saturated heterocycles. The maximum Gasteiger partial charge on any atom is 0.270 e. The summed E-state index contributed by atoms with van der Waals surface area (Å²) in [7, 11) is 3.89. The van der Waals surface area contributed by atoms with Gasteiger partial charge in [-0.3, -0.25) is 9.59 Å². The third kappa shape index (κ3) is 5.65. The van der Waals surface area contributed by atoms with Crippen molar-refractivity contribution in [3.63, 3.8) is 0 Å². The Morgan fingerprint density at radius 2 is 1.92 bits per heavy atom. The average Bonchev–Trinajstić information content (AvgIpc) is 2.54. The summed E-state index contributed by atoms with van der Waals surface area (Å²) in [6, 6.07) is 8.72. The van der Waals surface area contributed by atoms with E-state index in [0.717, 1.165) is 12.2 Å². The van der Waals surface area contributed by atoms with Crippen LogP contribution in [0.1, 0.15) is 33.6 Å². The molecule has 2 aromatic rings. The van der Waals surface area contributed by atoms with E-state index in [-0.39, 0.29) is 11.7 Å². The van der Waals surface area contributed by atoms with Gasteiger partial charge >= 0.3 is 0 Å². The fraction of sp³-hybridized carbons (Fsp3) is 0.333. The molecule has 7 nitrogen and oxygen atoms in total. The van der Waals surface area contributed by atoms with Crippen LogP contribution in [0.25, 0.3) is 0 Å². The van der Waals surface area contributed by atoms with Crippen molar-refractivity contribution in [1.29, 1.82) is 0 Å². The molecule has 0 fully saturated rings. The standard InChI is InChI=1S/C18H23N5O2/c1-12(24)14-6-5-7-15(10-14)22-17-11-16(20-13(2)21-17)18(25)19-8-9-23(3)4/h5-7,10-11H,8-9H2,1-4H3,(H,19,25)(H,20,21,22). The maximum atomic E-state index is 12.2. The average molecular weight is 341 g/mol. The van der Waals surface area contributed by atoms with E-state index in [0.29, 0.717) is 29.4 Å². The first-order chi connectivity index (χ1) is 11.8. The minimum Gasteiger partial charge on any atom is -0.349 e. The number of nitrogens with one attached hydrogen (secondary N) is 2. The zero-order valence-corrected chi connectivity index (χ0v) is 15.0. The van der Waals surface area contributed by atoms with Crippen molar-refractivity contribution in [2.45, 2.75) is 13.8 Å². The van der Waals surface area contributed by atoms with E-state index < -0.39 is 0 Å². The highest BCUT2D eigenvalue weighted by molar-refractivity contribution is 5.95. The lowest BCUT2D eigenvalue weighted by molar-refractivity contribution is 0.0944. The third-order valence-corrected chi connectivity index (χ3v) is 3.46. The Bertz CT molecular complexity index is 774. The molecule has 2 N–H and O–H groups in total. The molecule has 1 aromatic heterocycles. The third-order valence-electron chi connectivity index (χ3n) is 3.46. The molecule has 0 aliphatic rings. The van der Waals surface area contributed by atoms with Gasteiger partial charge in [-0.1, -0.05) is 12.1 Å². The maximum absolute atomic E-state index is 12.2. The van der Waals surface area contributed by atoms with Crippen LogP contribution < -0.4 is 10.6 Å². The van der Waals surface area contributed by atoms with Crippen molar-refractivity contribution in [3.05, 3.63) is 47.4 Å². The SMILES string of the molecule is CC(=O)c1cccc(Nc2cc(C(=O)NCCN(C)C)nc(C)n2)c1. The summed E-state index contributed by atoms with van der Waals surface area (Å²) in [6.07, 6.45) is 0. The molecule has 132 valence electrons.